The van der Waals surface area contributed by atoms with Gasteiger partial charge in [0.2, 0.25) is 0 Å². The van der Waals surface area contributed by atoms with E-state index in [9.17, 15) is 15.0 Å². The van der Waals surface area contributed by atoms with Crippen LogP contribution in [-0.2, 0) is 4.79 Å². The molecular formula is C22H34O3. The highest BCUT2D eigenvalue weighted by atomic mass is 16.3. The van der Waals surface area contributed by atoms with Gasteiger partial charge in [-0.15, -0.1) is 0 Å². The van der Waals surface area contributed by atoms with Crippen LogP contribution in [0.15, 0.2) is 11.6 Å². The van der Waals surface area contributed by atoms with Crippen LogP contribution in [-0.4, -0.2) is 28.7 Å². The van der Waals surface area contributed by atoms with Crippen molar-refractivity contribution in [3.63, 3.8) is 0 Å². The quantitative estimate of drug-likeness (QED) is 0.801. The number of hydrogen-bond donors (Lipinski definition) is 2. The molecule has 4 aliphatic rings. The molecule has 8 atom stereocenters. The standard InChI is InChI=1S/C22H34O3/c1-13(12-23)17-6-7-18-16-5-4-14-10-15(24)8-9-21(14,2)20(16)19(25)11-22(17,18)3/h10,13,16-20,23,25H,4-9,11-12H2,1-3H3/t13-,16+,17-,18+,19+,20-,21+,22-/m1/s1. The number of rotatable bonds is 2. The Morgan fingerprint density at radius 1 is 1.24 bits per heavy atom. The number of carbonyl (C=O) groups is 1. The molecule has 0 spiro atoms. The molecule has 2 N–H and O–H groups in total. The number of aliphatic hydroxyl groups is 2. The van der Waals surface area contributed by atoms with Gasteiger partial charge in [0.05, 0.1) is 6.10 Å². The van der Waals surface area contributed by atoms with E-state index in [2.05, 4.69) is 20.8 Å². The van der Waals surface area contributed by atoms with Gasteiger partial charge in [-0.1, -0.05) is 26.3 Å². The van der Waals surface area contributed by atoms with Gasteiger partial charge in [0.1, 0.15) is 0 Å². The fourth-order valence-electron chi connectivity index (χ4n) is 7.79. The van der Waals surface area contributed by atoms with E-state index in [1.54, 1.807) is 0 Å². The lowest BCUT2D eigenvalue weighted by Crippen LogP contribution is -2.57. The van der Waals surface area contributed by atoms with Crippen LogP contribution in [0.4, 0.5) is 0 Å². The van der Waals surface area contributed by atoms with Crippen molar-refractivity contribution in [3.8, 4) is 0 Å². The molecule has 3 nitrogen and oxygen atoms in total. The zero-order valence-electron chi connectivity index (χ0n) is 16.0. The molecule has 0 aromatic carbocycles. The Morgan fingerprint density at radius 3 is 2.72 bits per heavy atom. The SMILES string of the molecule is C[C@H](CO)[C@H]1CC[C@H]2[C@@H]3CCC4=CC(=O)CC[C@]4(C)[C@H]3[C@@H](O)C[C@]12C. The summed E-state index contributed by atoms with van der Waals surface area (Å²) < 4.78 is 0. The Balaban J connectivity index is 1.69. The number of aliphatic hydroxyl groups excluding tert-OH is 2. The topological polar surface area (TPSA) is 57.5 Å². The van der Waals surface area contributed by atoms with Gasteiger partial charge in [0, 0.05) is 13.0 Å². The second-order valence-corrected chi connectivity index (χ2v) is 10.0. The van der Waals surface area contributed by atoms with Crippen LogP contribution in [0, 0.1) is 40.4 Å². The minimum Gasteiger partial charge on any atom is -0.396 e. The van der Waals surface area contributed by atoms with Crippen molar-refractivity contribution < 1.29 is 15.0 Å². The first-order chi connectivity index (χ1) is 11.8. The average Bonchev–Trinajstić information content (AvgIpc) is 2.91. The van der Waals surface area contributed by atoms with Crippen molar-refractivity contribution >= 4 is 5.78 Å². The molecule has 0 aliphatic heterocycles. The first kappa shape index (κ1) is 17.7. The summed E-state index contributed by atoms with van der Waals surface area (Å²) in [4.78, 5) is 11.9. The molecule has 140 valence electrons. The summed E-state index contributed by atoms with van der Waals surface area (Å²) >= 11 is 0. The molecule has 0 heterocycles. The number of carbonyl (C=O) groups excluding carboxylic acids is 1. The van der Waals surface area contributed by atoms with Crippen LogP contribution in [0.25, 0.3) is 0 Å². The molecule has 25 heavy (non-hydrogen) atoms. The van der Waals surface area contributed by atoms with Crippen molar-refractivity contribution in [2.24, 2.45) is 40.4 Å². The highest BCUT2D eigenvalue weighted by Crippen LogP contribution is 2.67. The van der Waals surface area contributed by atoms with E-state index >= 15 is 0 Å². The van der Waals surface area contributed by atoms with E-state index in [0.29, 0.717) is 36.0 Å². The van der Waals surface area contributed by atoms with Gasteiger partial charge in [-0.3, -0.25) is 4.79 Å². The Morgan fingerprint density at radius 2 is 2.00 bits per heavy atom. The van der Waals surface area contributed by atoms with E-state index in [0.717, 1.165) is 25.7 Å². The predicted molar refractivity (Wildman–Crippen MR) is 97.8 cm³/mol. The molecule has 0 unspecified atom stereocenters. The van der Waals surface area contributed by atoms with Gasteiger partial charge in [-0.25, -0.2) is 0 Å². The maximum absolute atomic E-state index is 11.9. The number of ketones is 1. The molecule has 3 saturated carbocycles. The highest BCUT2D eigenvalue weighted by Gasteiger charge is 2.62. The van der Waals surface area contributed by atoms with Crippen LogP contribution in [0.1, 0.15) is 65.7 Å². The van der Waals surface area contributed by atoms with Gasteiger partial charge < -0.3 is 10.2 Å². The zero-order chi connectivity index (χ0) is 18.0. The Kier molecular flexibility index (Phi) is 4.20. The molecule has 3 heteroatoms. The summed E-state index contributed by atoms with van der Waals surface area (Å²) in [5.41, 5.74) is 1.48. The summed E-state index contributed by atoms with van der Waals surface area (Å²) in [7, 11) is 0. The Hall–Kier alpha value is -0.670. The molecular weight excluding hydrogens is 312 g/mol. The van der Waals surface area contributed by atoms with E-state index < -0.39 is 0 Å². The van der Waals surface area contributed by atoms with Crippen LogP contribution >= 0.6 is 0 Å². The van der Waals surface area contributed by atoms with Crippen molar-refractivity contribution in [2.45, 2.75) is 71.8 Å². The lowest BCUT2D eigenvalue weighted by atomic mass is 9.45. The lowest BCUT2D eigenvalue weighted by molar-refractivity contribution is -0.137. The molecule has 0 bridgehead atoms. The molecule has 3 fully saturated rings. The average molecular weight is 347 g/mol. The molecule has 0 aromatic rings. The lowest BCUT2D eigenvalue weighted by Gasteiger charge is -2.60. The first-order valence-corrected chi connectivity index (χ1v) is 10.3. The third kappa shape index (κ3) is 2.41. The number of allylic oxidation sites excluding steroid dienone is 1. The maximum atomic E-state index is 11.9. The molecule has 0 aromatic heterocycles. The molecule has 4 aliphatic carbocycles. The molecule has 4 rings (SSSR count). The summed E-state index contributed by atoms with van der Waals surface area (Å²) in [6, 6.07) is 0. The van der Waals surface area contributed by atoms with Gasteiger partial charge in [0.25, 0.3) is 0 Å². The van der Waals surface area contributed by atoms with E-state index in [-0.39, 0.29) is 29.3 Å². The first-order valence-electron chi connectivity index (χ1n) is 10.3. The minimum atomic E-state index is -0.278. The molecule has 0 amide bonds. The van der Waals surface area contributed by atoms with Gasteiger partial charge >= 0.3 is 0 Å². The van der Waals surface area contributed by atoms with Crippen LogP contribution in [0.3, 0.4) is 0 Å². The second kappa shape index (κ2) is 5.92. The zero-order valence-corrected chi connectivity index (χ0v) is 16.0. The minimum absolute atomic E-state index is 0.0122. The fraction of sp³-hybridized carbons (Fsp3) is 0.864. The van der Waals surface area contributed by atoms with Crippen molar-refractivity contribution in [1.82, 2.24) is 0 Å². The fourth-order valence-corrected chi connectivity index (χ4v) is 7.79. The molecule has 0 radical (unpaired) electrons. The van der Waals surface area contributed by atoms with Crippen LogP contribution in [0.5, 0.6) is 0 Å². The van der Waals surface area contributed by atoms with Gasteiger partial charge in [-0.2, -0.15) is 0 Å². The smallest absolute Gasteiger partial charge is 0.155 e. The van der Waals surface area contributed by atoms with Crippen molar-refractivity contribution in [1.29, 1.82) is 0 Å². The van der Waals surface area contributed by atoms with Crippen molar-refractivity contribution in [3.05, 3.63) is 11.6 Å². The Bertz CT molecular complexity index is 596. The highest BCUT2D eigenvalue weighted by molar-refractivity contribution is 5.91. The predicted octanol–water partition coefficient (Wildman–Crippen LogP) is 3.73. The van der Waals surface area contributed by atoms with E-state index in [4.69, 9.17) is 0 Å². The van der Waals surface area contributed by atoms with Crippen LogP contribution in [0.2, 0.25) is 0 Å². The normalized spacial score (nSPS) is 50.5. The Labute approximate surface area is 151 Å². The number of fused-ring (bicyclic) bond motifs is 5. The third-order valence-corrected chi connectivity index (χ3v) is 8.94. The van der Waals surface area contributed by atoms with Crippen LogP contribution < -0.4 is 0 Å². The third-order valence-electron chi connectivity index (χ3n) is 8.94. The summed E-state index contributed by atoms with van der Waals surface area (Å²) in [5, 5.41) is 21.0. The monoisotopic (exact) mass is 346 g/mol. The van der Waals surface area contributed by atoms with Gasteiger partial charge in [-0.05, 0) is 85.0 Å². The van der Waals surface area contributed by atoms with Gasteiger partial charge in [0.15, 0.2) is 5.78 Å². The summed E-state index contributed by atoms with van der Waals surface area (Å²) in [5.74, 6) is 2.66. The summed E-state index contributed by atoms with van der Waals surface area (Å²) in [6.07, 6.45) is 8.64. The maximum Gasteiger partial charge on any atom is 0.155 e. The number of hydrogen-bond acceptors (Lipinski definition) is 3. The van der Waals surface area contributed by atoms with Crippen molar-refractivity contribution in [2.75, 3.05) is 6.61 Å². The molecule has 0 saturated heterocycles. The van der Waals surface area contributed by atoms with E-state index in [1.807, 2.05) is 6.08 Å². The second-order valence-electron chi connectivity index (χ2n) is 10.0. The van der Waals surface area contributed by atoms with E-state index in [1.165, 1.54) is 18.4 Å². The summed E-state index contributed by atoms with van der Waals surface area (Å²) in [6.45, 7) is 7.13. The largest absolute Gasteiger partial charge is 0.396 e.